The summed E-state index contributed by atoms with van der Waals surface area (Å²) in [5.41, 5.74) is 8.37. The van der Waals surface area contributed by atoms with E-state index >= 15 is 0 Å². The average Bonchev–Trinajstić information content (AvgIpc) is 2.66. The number of nitrogens with two attached hydrogens (primary N) is 1. The fraction of sp³-hybridized carbons (Fsp3) is 0.500. The van der Waals surface area contributed by atoms with Crippen LogP contribution in [0.4, 0.5) is 0 Å². The summed E-state index contributed by atoms with van der Waals surface area (Å²) in [4.78, 5) is 4.71. The maximum absolute atomic E-state index is 6.10. The molecule has 2 aromatic rings. The first-order valence-electron chi connectivity index (χ1n) is 6.50. The molecule has 18 heavy (non-hydrogen) atoms. The third-order valence-electron chi connectivity index (χ3n) is 2.92. The van der Waals surface area contributed by atoms with Crippen molar-refractivity contribution in [1.82, 2.24) is 9.38 Å². The van der Waals surface area contributed by atoms with Crippen molar-refractivity contribution in [3.63, 3.8) is 0 Å². The average molecular weight is 263 g/mol. The first-order valence-corrected chi connectivity index (χ1v) is 7.38. The van der Waals surface area contributed by atoms with Gasteiger partial charge in [-0.2, -0.15) is 0 Å². The Labute approximate surface area is 113 Å². The van der Waals surface area contributed by atoms with Crippen molar-refractivity contribution in [1.29, 1.82) is 0 Å². The van der Waals surface area contributed by atoms with Crippen molar-refractivity contribution in [2.45, 2.75) is 49.9 Å². The van der Waals surface area contributed by atoms with Crippen LogP contribution >= 0.6 is 11.8 Å². The zero-order valence-electron chi connectivity index (χ0n) is 11.3. The highest BCUT2D eigenvalue weighted by Gasteiger charge is 2.15. The van der Waals surface area contributed by atoms with Gasteiger partial charge in [-0.25, -0.2) is 4.98 Å². The monoisotopic (exact) mass is 263 g/mol. The molecule has 1 unspecified atom stereocenters. The lowest BCUT2D eigenvalue weighted by atomic mass is 10.1. The minimum Gasteiger partial charge on any atom is -0.327 e. The summed E-state index contributed by atoms with van der Waals surface area (Å²) in [6.07, 6.45) is 3.95. The van der Waals surface area contributed by atoms with Gasteiger partial charge in [0.15, 0.2) is 0 Å². The number of aromatic nitrogens is 2. The van der Waals surface area contributed by atoms with Crippen LogP contribution in [-0.2, 0) is 6.42 Å². The molecule has 2 N–H and O–H groups in total. The van der Waals surface area contributed by atoms with E-state index < -0.39 is 0 Å². The molecule has 0 bridgehead atoms. The molecule has 2 heterocycles. The Kier molecular flexibility index (Phi) is 4.30. The van der Waals surface area contributed by atoms with Gasteiger partial charge in [-0.05, 0) is 18.6 Å². The highest BCUT2D eigenvalue weighted by atomic mass is 32.2. The molecule has 0 spiro atoms. The Bertz CT molecular complexity index is 519. The Morgan fingerprint density at radius 1 is 1.39 bits per heavy atom. The van der Waals surface area contributed by atoms with Gasteiger partial charge in [0.1, 0.15) is 10.7 Å². The maximum atomic E-state index is 6.10. The van der Waals surface area contributed by atoms with E-state index in [-0.39, 0.29) is 6.04 Å². The van der Waals surface area contributed by atoms with Gasteiger partial charge < -0.3 is 10.1 Å². The predicted octanol–water partition coefficient (Wildman–Crippen LogP) is 3.11. The molecule has 0 amide bonds. The number of rotatable bonds is 5. The van der Waals surface area contributed by atoms with Gasteiger partial charge in [-0.15, -0.1) is 11.8 Å². The third kappa shape index (κ3) is 2.87. The zero-order chi connectivity index (χ0) is 13.1. The van der Waals surface area contributed by atoms with Gasteiger partial charge in [-0.3, -0.25) is 0 Å². The molecule has 2 rings (SSSR count). The van der Waals surface area contributed by atoms with Crippen molar-refractivity contribution in [2.24, 2.45) is 5.73 Å². The molecule has 0 aliphatic heterocycles. The topological polar surface area (TPSA) is 43.3 Å². The van der Waals surface area contributed by atoms with E-state index in [4.69, 9.17) is 10.7 Å². The molecule has 1 atom stereocenters. The maximum Gasteiger partial charge on any atom is 0.138 e. The van der Waals surface area contributed by atoms with Gasteiger partial charge in [0.2, 0.25) is 0 Å². The molecular weight excluding hydrogens is 242 g/mol. The van der Waals surface area contributed by atoms with Crippen LogP contribution in [0.15, 0.2) is 29.4 Å². The van der Waals surface area contributed by atoms with Gasteiger partial charge in [-0.1, -0.05) is 26.8 Å². The van der Waals surface area contributed by atoms with Gasteiger partial charge >= 0.3 is 0 Å². The van der Waals surface area contributed by atoms with Gasteiger partial charge in [0, 0.05) is 23.9 Å². The van der Waals surface area contributed by atoms with E-state index in [9.17, 15) is 0 Å². The second kappa shape index (κ2) is 5.76. The number of hydrogen-bond acceptors (Lipinski definition) is 3. The van der Waals surface area contributed by atoms with Gasteiger partial charge in [0.05, 0.1) is 5.69 Å². The molecule has 0 aromatic carbocycles. The molecule has 0 saturated carbocycles. The molecule has 0 fully saturated rings. The van der Waals surface area contributed by atoms with Crippen LogP contribution < -0.4 is 5.73 Å². The lowest BCUT2D eigenvalue weighted by Crippen LogP contribution is -2.22. The number of hydrogen-bond donors (Lipinski definition) is 1. The minimum atomic E-state index is 0.205. The Balaban J connectivity index is 2.43. The van der Waals surface area contributed by atoms with Crippen molar-refractivity contribution >= 4 is 17.4 Å². The summed E-state index contributed by atoms with van der Waals surface area (Å²) in [6.45, 7) is 6.51. The molecule has 0 aliphatic rings. The van der Waals surface area contributed by atoms with Crippen LogP contribution in [0.3, 0.4) is 0 Å². The molecule has 0 saturated heterocycles. The number of pyridine rings is 1. The Hall–Kier alpha value is -1.00. The summed E-state index contributed by atoms with van der Waals surface area (Å²) < 4.78 is 2.17. The van der Waals surface area contributed by atoms with E-state index in [1.165, 1.54) is 5.69 Å². The minimum absolute atomic E-state index is 0.205. The van der Waals surface area contributed by atoms with E-state index in [1.807, 2.05) is 30.0 Å². The summed E-state index contributed by atoms with van der Waals surface area (Å²) >= 11 is 1.82. The molecule has 4 heteroatoms. The van der Waals surface area contributed by atoms with E-state index in [0.29, 0.717) is 5.25 Å². The quantitative estimate of drug-likeness (QED) is 0.843. The molecule has 2 aromatic heterocycles. The number of thioether (sulfide) groups is 1. The second-order valence-corrected chi connectivity index (χ2v) is 6.40. The fourth-order valence-electron chi connectivity index (χ4n) is 1.92. The van der Waals surface area contributed by atoms with Crippen LogP contribution in [-0.4, -0.2) is 20.7 Å². The standard InChI is InChI=1S/C14H21N3S/c1-4-11(15)9-12-14(18-10(2)3)16-13-7-5-6-8-17(12)13/h5-8,10-11H,4,9,15H2,1-3H3. The summed E-state index contributed by atoms with van der Waals surface area (Å²) in [6, 6.07) is 6.32. The lowest BCUT2D eigenvalue weighted by Gasteiger charge is -2.11. The first-order chi connectivity index (χ1) is 8.61. The fourth-order valence-corrected chi connectivity index (χ4v) is 2.83. The van der Waals surface area contributed by atoms with Crippen LogP contribution in [0, 0.1) is 0 Å². The lowest BCUT2D eigenvalue weighted by molar-refractivity contribution is 0.627. The van der Waals surface area contributed by atoms with Gasteiger partial charge in [0.25, 0.3) is 0 Å². The van der Waals surface area contributed by atoms with Crippen molar-refractivity contribution < 1.29 is 0 Å². The summed E-state index contributed by atoms with van der Waals surface area (Å²) in [5.74, 6) is 0. The highest BCUT2D eigenvalue weighted by Crippen LogP contribution is 2.27. The molecular formula is C14H21N3S. The van der Waals surface area contributed by atoms with Crippen LogP contribution in [0.25, 0.3) is 5.65 Å². The number of imidazole rings is 1. The SMILES string of the molecule is CCC(N)Cc1c(SC(C)C)nc2ccccn12. The number of fused-ring (bicyclic) bond motifs is 1. The van der Waals surface area contributed by atoms with E-state index in [1.54, 1.807) is 0 Å². The van der Waals surface area contributed by atoms with E-state index in [2.05, 4.69) is 31.4 Å². The number of nitrogens with zero attached hydrogens (tertiary/aromatic N) is 2. The normalized spacial score (nSPS) is 13.4. The Morgan fingerprint density at radius 2 is 2.17 bits per heavy atom. The second-order valence-electron chi connectivity index (χ2n) is 4.83. The third-order valence-corrected chi connectivity index (χ3v) is 3.94. The van der Waals surface area contributed by atoms with Crippen LogP contribution in [0.2, 0.25) is 0 Å². The van der Waals surface area contributed by atoms with Crippen LogP contribution in [0.1, 0.15) is 32.9 Å². The molecule has 0 radical (unpaired) electrons. The highest BCUT2D eigenvalue weighted by molar-refractivity contribution is 7.99. The Morgan fingerprint density at radius 3 is 2.83 bits per heavy atom. The van der Waals surface area contributed by atoms with E-state index in [0.717, 1.165) is 23.5 Å². The predicted molar refractivity (Wildman–Crippen MR) is 78.2 cm³/mol. The largest absolute Gasteiger partial charge is 0.327 e. The van der Waals surface area contributed by atoms with Crippen molar-refractivity contribution in [3.8, 4) is 0 Å². The molecule has 0 aliphatic carbocycles. The summed E-state index contributed by atoms with van der Waals surface area (Å²) in [5, 5.41) is 1.66. The zero-order valence-corrected chi connectivity index (χ0v) is 12.1. The van der Waals surface area contributed by atoms with Crippen LogP contribution in [0.5, 0.6) is 0 Å². The molecule has 3 nitrogen and oxygen atoms in total. The molecule has 98 valence electrons. The summed E-state index contributed by atoms with van der Waals surface area (Å²) in [7, 11) is 0. The first kappa shape index (κ1) is 13.4. The smallest absolute Gasteiger partial charge is 0.138 e. The van der Waals surface area contributed by atoms with Crippen molar-refractivity contribution in [3.05, 3.63) is 30.1 Å². The van der Waals surface area contributed by atoms with Crippen molar-refractivity contribution in [2.75, 3.05) is 0 Å².